The number of nitrogens with zero attached hydrogens (tertiary/aromatic N) is 6. The van der Waals surface area contributed by atoms with Crippen LogP contribution in [0.25, 0.3) is 16.3 Å². The van der Waals surface area contributed by atoms with Crippen molar-refractivity contribution in [1.29, 1.82) is 0 Å². The molecule has 2 aliphatic heterocycles. The van der Waals surface area contributed by atoms with Gasteiger partial charge in [0.1, 0.15) is 17.3 Å². The molecule has 0 N–H and O–H groups in total. The lowest BCUT2D eigenvalue weighted by molar-refractivity contribution is 0.124. The van der Waals surface area contributed by atoms with Crippen LogP contribution < -0.4 is 15.2 Å². The SMILES string of the molecule is CN1CCCCC1COc1c(N2CCN(Cc3csc(-c4ccccc4)n3)CC2)cnn(-c2ccccc2)c1=O. The number of aromatic nitrogens is 3. The Bertz CT molecular complexity index is 1450. The molecule has 2 fully saturated rings. The van der Waals surface area contributed by atoms with E-state index < -0.39 is 0 Å². The molecular weight excluding hydrogens is 520 g/mol. The Hall–Kier alpha value is -3.53. The van der Waals surface area contributed by atoms with Crippen LogP contribution >= 0.6 is 11.3 Å². The van der Waals surface area contributed by atoms with E-state index in [1.807, 2.05) is 48.5 Å². The Kier molecular flexibility index (Phi) is 8.22. The number of ether oxygens (including phenoxy) is 1. The first-order valence-corrected chi connectivity index (χ1v) is 15.0. The first kappa shape index (κ1) is 26.7. The Morgan fingerprint density at radius 3 is 2.45 bits per heavy atom. The van der Waals surface area contributed by atoms with E-state index in [0.29, 0.717) is 18.4 Å². The van der Waals surface area contributed by atoms with Crippen molar-refractivity contribution in [3.8, 4) is 22.0 Å². The van der Waals surface area contributed by atoms with Crippen LogP contribution in [0.15, 0.2) is 77.0 Å². The minimum atomic E-state index is -0.208. The molecule has 6 rings (SSSR count). The second kappa shape index (κ2) is 12.3. The fraction of sp³-hybridized carbons (Fsp3) is 0.387. The van der Waals surface area contributed by atoms with Gasteiger partial charge >= 0.3 is 5.56 Å². The molecule has 0 spiro atoms. The van der Waals surface area contributed by atoms with E-state index in [2.05, 4.69) is 44.4 Å². The van der Waals surface area contributed by atoms with Crippen molar-refractivity contribution in [1.82, 2.24) is 24.6 Å². The highest BCUT2D eigenvalue weighted by molar-refractivity contribution is 7.13. The predicted octanol–water partition coefficient (Wildman–Crippen LogP) is 4.54. The van der Waals surface area contributed by atoms with Gasteiger partial charge in [0, 0.05) is 49.7 Å². The van der Waals surface area contributed by atoms with Crippen LogP contribution in [0.2, 0.25) is 0 Å². The molecule has 1 unspecified atom stereocenters. The smallest absolute Gasteiger partial charge is 0.316 e. The summed E-state index contributed by atoms with van der Waals surface area (Å²) in [4.78, 5) is 25.6. The molecule has 2 saturated heterocycles. The number of hydrogen-bond acceptors (Lipinski definition) is 8. The third-order valence-corrected chi connectivity index (χ3v) is 8.87. The van der Waals surface area contributed by atoms with Gasteiger partial charge in [0.2, 0.25) is 5.75 Å². The summed E-state index contributed by atoms with van der Waals surface area (Å²) in [6, 6.07) is 20.2. The number of para-hydroxylation sites is 1. The number of likely N-dealkylation sites (tertiary alicyclic amines) is 1. The van der Waals surface area contributed by atoms with Crippen LogP contribution in [0.5, 0.6) is 5.75 Å². The number of piperazine rings is 1. The number of hydrogen-bond donors (Lipinski definition) is 0. The molecule has 4 aromatic rings. The Labute approximate surface area is 239 Å². The number of rotatable bonds is 8. The average molecular weight is 557 g/mol. The van der Waals surface area contributed by atoms with Gasteiger partial charge in [-0.2, -0.15) is 9.78 Å². The molecular formula is C31H36N6O2S. The predicted molar refractivity (Wildman–Crippen MR) is 161 cm³/mol. The second-order valence-electron chi connectivity index (χ2n) is 10.6. The van der Waals surface area contributed by atoms with Gasteiger partial charge in [-0.1, -0.05) is 55.0 Å². The molecule has 0 bridgehead atoms. The number of likely N-dealkylation sites (N-methyl/N-ethyl adjacent to an activating group) is 1. The number of anilines is 1. The molecule has 208 valence electrons. The van der Waals surface area contributed by atoms with Gasteiger partial charge in [-0.3, -0.25) is 9.69 Å². The van der Waals surface area contributed by atoms with Crippen molar-refractivity contribution in [3.63, 3.8) is 0 Å². The Morgan fingerprint density at radius 1 is 0.950 bits per heavy atom. The van der Waals surface area contributed by atoms with Crippen LogP contribution in [-0.2, 0) is 6.54 Å². The van der Waals surface area contributed by atoms with Gasteiger partial charge in [-0.05, 0) is 38.6 Å². The van der Waals surface area contributed by atoms with Gasteiger partial charge in [0.25, 0.3) is 0 Å². The van der Waals surface area contributed by atoms with Crippen molar-refractivity contribution < 1.29 is 4.74 Å². The average Bonchev–Trinajstić information content (AvgIpc) is 3.47. The molecule has 9 heteroatoms. The summed E-state index contributed by atoms with van der Waals surface area (Å²) >= 11 is 1.70. The zero-order valence-electron chi connectivity index (χ0n) is 23.0. The van der Waals surface area contributed by atoms with E-state index in [4.69, 9.17) is 9.72 Å². The van der Waals surface area contributed by atoms with Crippen molar-refractivity contribution in [2.75, 3.05) is 51.3 Å². The minimum Gasteiger partial charge on any atom is -0.485 e. The van der Waals surface area contributed by atoms with Crippen molar-refractivity contribution in [3.05, 3.63) is 88.3 Å². The molecule has 2 aliphatic rings. The second-order valence-corrected chi connectivity index (χ2v) is 11.5. The maximum absolute atomic E-state index is 13.7. The summed E-state index contributed by atoms with van der Waals surface area (Å²) in [6.45, 7) is 5.75. The van der Waals surface area contributed by atoms with Crippen LogP contribution in [0, 0.1) is 0 Å². The molecule has 0 amide bonds. The normalized spacial score (nSPS) is 18.6. The minimum absolute atomic E-state index is 0.208. The number of benzene rings is 2. The van der Waals surface area contributed by atoms with Crippen LogP contribution in [0.3, 0.4) is 0 Å². The summed E-state index contributed by atoms with van der Waals surface area (Å²) in [5, 5.41) is 7.78. The largest absolute Gasteiger partial charge is 0.485 e. The third-order valence-electron chi connectivity index (χ3n) is 7.93. The van der Waals surface area contributed by atoms with Gasteiger partial charge in [0.05, 0.1) is 17.6 Å². The molecule has 0 saturated carbocycles. The highest BCUT2D eigenvalue weighted by Crippen LogP contribution is 2.28. The van der Waals surface area contributed by atoms with E-state index in [0.717, 1.165) is 73.3 Å². The highest BCUT2D eigenvalue weighted by atomic mass is 32.1. The Balaban J connectivity index is 1.17. The topological polar surface area (TPSA) is 66.7 Å². The molecule has 2 aromatic carbocycles. The van der Waals surface area contributed by atoms with E-state index in [1.165, 1.54) is 17.5 Å². The molecule has 2 aromatic heterocycles. The van der Waals surface area contributed by atoms with E-state index >= 15 is 0 Å². The maximum atomic E-state index is 13.7. The van der Waals surface area contributed by atoms with Gasteiger partial charge < -0.3 is 14.5 Å². The molecule has 1 atom stereocenters. The summed E-state index contributed by atoms with van der Waals surface area (Å²) in [5.74, 6) is 0.401. The number of piperidine rings is 1. The summed E-state index contributed by atoms with van der Waals surface area (Å²) in [6.07, 6.45) is 5.30. The van der Waals surface area contributed by atoms with Crippen LogP contribution in [0.4, 0.5) is 5.69 Å². The van der Waals surface area contributed by atoms with Gasteiger partial charge in [-0.25, -0.2) is 4.98 Å². The highest BCUT2D eigenvalue weighted by Gasteiger charge is 2.26. The van der Waals surface area contributed by atoms with Crippen LogP contribution in [0.1, 0.15) is 25.0 Å². The zero-order chi connectivity index (χ0) is 27.3. The molecule has 4 heterocycles. The van der Waals surface area contributed by atoms with E-state index in [9.17, 15) is 4.79 Å². The standard InChI is InChI=1S/C31H36N6O2S/c1-34-15-9-8-14-27(34)22-39-29-28(20-32-37(31(29)38)26-12-6-3-7-13-26)36-18-16-35(17-19-36)21-25-23-40-30(33-25)24-10-4-2-5-11-24/h2-7,10-13,20,23,27H,8-9,14-19,21-22H2,1H3. The first-order chi connectivity index (χ1) is 19.7. The lowest BCUT2D eigenvalue weighted by Crippen LogP contribution is -2.47. The monoisotopic (exact) mass is 556 g/mol. The van der Waals surface area contributed by atoms with Gasteiger partial charge in [0.15, 0.2) is 0 Å². The fourth-order valence-electron chi connectivity index (χ4n) is 5.55. The van der Waals surface area contributed by atoms with E-state index in [-0.39, 0.29) is 5.56 Å². The summed E-state index contributed by atoms with van der Waals surface area (Å²) in [5.41, 5.74) is 3.58. The van der Waals surface area contributed by atoms with Crippen molar-refractivity contribution in [2.24, 2.45) is 0 Å². The molecule has 0 aliphatic carbocycles. The zero-order valence-corrected chi connectivity index (χ0v) is 23.8. The lowest BCUT2D eigenvalue weighted by atomic mass is 10.0. The van der Waals surface area contributed by atoms with Crippen molar-refractivity contribution in [2.45, 2.75) is 31.8 Å². The summed E-state index contributed by atoms with van der Waals surface area (Å²) in [7, 11) is 2.15. The third kappa shape index (κ3) is 5.96. The Morgan fingerprint density at radius 2 is 1.70 bits per heavy atom. The van der Waals surface area contributed by atoms with Gasteiger partial charge in [-0.15, -0.1) is 11.3 Å². The molecule has 40 heavy (non-hydrogen) atoms. The fourth-order valence-corrected chi connectivity index (χ4v) is 6.36. The number of thiazole rings is 1. The lowest BCUT2D eigenvalue weighted by Gasteiger charge is -2.36. The molecule has 8 nitrogen and oxygen atoms in total. The molecule has 0 radical (unpaired) electrons. The first-order valence-electron chi connectivity index (χ1n) is 14.1. The van der Waals surface area contributed by atoms with E-state index in [1.54, 1.807) is 17.5 Å². The summed E-state index contributed by atoms with van der Waals surface area (Å²) < 4.78 is 7.83. The van der Waals surface area contributed by atoms with Crippen molar-refractivity contribution >= 4 is 17.0 Å². The maximum Gasteiger partial charge on any atom is 0.316 e. The quantitative estimate of drug-likeness (QED) is 0.316. The van der Waals surface area contributed by atoms with Crippen LogP contribution in [-0.4, -0.2) is 77.0 Å².